The molecule has 0 radical (unpaired) electrons. The molecule has 1 aliphatic rings. The van der Waals surface area contributed by atoms with E-state index in [0.717, 1.165) is 19.4 Å². The molecule has 1 atom stereocenters. The monoisotopic (exact) mass is 277 g/mol. The van der Waals surface area contributed by atoms with Crippen LogP contribution in [0.4, 0.5) is 10.5 Å². The van der Waals surface area contributed by atoms with Crippen molar-refractivity contribution in [3.05, 3.63) is 24.0 Å². The van der Waals surface area contributed by atoms with Crippen molar-refractivity contribution in [1.29, 1.82) is 0 Å². The lowest BCUT2D eigenvalue weighted by atomic mass is 10.0. The van der Waals surface area contributed by atoms with E-state index in [4.69, 9.17) is 5.11 Å². The number of urea groups is 1. The Labute approximate surface area is 117 Å². The molecule has 1 aromatic heterocycles. The normalized spacial score (nSPS) is 18.4. The second-order valence-corrected chi connectivity index (χ2v) is 5.31. The van der Waals surface area contributed by atoms with Crippen LogP contribution in [-0.4, -0.2) is 39.6 Å². The molecular formula is C14H19N3O3. The second-order valence-electron chi connectivity index (χ2n) is 5.31. The van der Waals surface area contributed by atoms with Crippen LogP contribution >= 0.6 is 0 Å². The van der Waals surface area contributed by atoms with Crippen molar-refractivity contribution in [3.8, 4) is 0 Å². The Hall–Kier alpha value is -2.11. The number of aromatic carboxylic acids is 1. The van der Waals surface area contributed by atoms with Gasteiger partial charge >= 0.3 is 12.0 Å². The molecule has 0 bridgehead atoms. The first-order chi connectivity index (χ1) is 9.49. The number of carbonyl (C=O) groups is 2. The molecule has 6 nitrogen and oxygen atoms in total. The average molecular weight is 277 g/mol. The molecule has 2 N–H and O–H groups in total. The van der Waals surface area contributed by atoms with Gasteiger partial charge in [0.2, 0.25) is 0 Å². The number of nitrogens with zero attached hydrogens (tertiary/aromatic N) is 2. The Morgan fingerprint density at radius 2 is 2.20 bits per heavy atom. The molecule has 2 amide bonds. The third-order valence-corrected chi connectivity index (χ3v) is 3.56. The summed E-state index contributed by atoms with van der Waals surface area (Å²) in [7, 11) is 0. The summed E-state index contributed by atoms with van der Waals surface area (Å²) in [6.07, 6.45) is 3.41. The van der Waals surface area contributed by atoms with Gasteiger partial charge in [0.05, 0.1) is 11.9 Å². The van der Waals surface area contributed by atoms with E-state index in [0.29, 0.717) is 11.6 Å². The molecule has 1 aromatic rings. The van der Waals surface area contributed by atoms with Gasteiger partial charge in [-0.25, -0.2) is 14.6 Å². The number of carbonyl (C=O) groups excluding carboxylic acids is 1. The SMILES string of the molecule is CC(C)C1CCCN1C(=O)Nc1ccc(C(=O)O)nc1. The smallest absolute Gasteiger partial charge is 0.354 e. The number of rotatable bonds is 3. The van der Waals surface area contributed by atoms with Crippen molar-refractivity contribution in [1.82, 2.24) is 9.88 Å². The van der Waals surface area contributed by atoms with Gasteiger partial charge in [0.1, 0.15) is 5.69 Å². The van der Waals surface area contributed by atoms with Gasteiger partial charge < -0.3 is 15.3 Å². The van der Waals surface area contributed by atoms with Crippen molar-refractivity contribution in [2.24, 2.45) is 5.92 Å². The molecule has 2 rings (SSSR count). The van der Waals surface area contributed by atoms with Gasteiger partial charge in [-0.15, -0.1) is 0 Å². The summed E-state index contributed by atoms with van der Waals surface area (Å²) in [6.45, 7) is 4.98. The maximum Gasteiger partial charge on any atom is 0.354 e. The van der Waals surface area contributed by atoms with Crippen molar-refractivity contribution in [2.45, 2.75) is 32.7 Å². The molecule has 0 aromatic carbocycles. The summed E-state index contributed by atoms with van der Waals surface area (Å²) < 4.78 is 0. The zero-order chi connectivity index (χ0) is 14.7. The largest absolute Gasteiger partial charge is 0.477 e. The maximum atomic E-state index is 12.2. The van der Waals surface area contributed by atoms with E-state index in [1.54, 1.807) is 6.07 Å². The number of anilines is 1. The fraction of sp³-hybridized carbons (Fsp3) is 0.500. The first kappa shape index (κ1) is 14.3. The highest BCUT2D eigenvalue weighted by atomic mass is 16.4. The Kier molecular flexibility index (Phi) is 4.22. The number of carboxylic acids is 1. The number of likely N-dealkylation sites (tertiary alicyclic amines) is 1. The first-order valence-corrected chi connectivity index (χ1v) is 6.76. The molecule has 1 saturated heterocycles. The molecule has 6 heteroatoms. The molecule has 1 fully saturated rings. The van der Waals surface area contributed by atoms with Crippen molar-refractivity contribution >= 4 is 17.7 Å². The minimum absolute atomic E-state index is 0.0378. The van der Waals surface area contributed by atoms with Gasteiger partial charge in [-0.1, -0.05) is 13.8 Å². The minimum Gasteiger partial charge on any atom is -0.477 e. The first-order valence-electron chi connectivity index (χ1n) is 6.76. The van der Waals surface area contributed by atoms with Gasteiger partial charge in [0, 0.05) is 12.6 Å². The van der Waals surface area contributed by atoms with Crippen LogP contribution in [0, 0.1) is 5.92 Å². The maximum absolute atomic E-state index is 12.2. The van der Waals surface area contributed by atoms with E-state index in [9.17, 15) is 9.59 Å². The summed E-state index contributed by atoms with van der Waals surface area (Å²) in [5.41, 5.74) is 0.471. The van der Waals surface area contributed by atoms with E-state index in [1.165, 1.54) is 12.3 Å². The molecule has 0 spiro atoms. The van der Waals surface area contributed by atoms with Crippen LogP contribution in [0.2, 0.25) is 0 Å². The van der Waals surface area contributed by atoms with Crippen molar-refractivity contribution in [3.63, 3.8) is 0 Å². The van der Waals surface area contributed by atoms with Crippen LogP contribution in [-0.2, 0) is 0 Å². The summed E-state index contributed by atoms with van der Waals surface area (Å²) >= 11 is 0. The highest BCUT2D eigenvalue weighted by molar-refractivity contribution is 5.90. The van der Waals surface area contributed by atoms with Crippen LogP contribution in [0.1, 0.15) is 37.2 Å². The molecule has 0 aliphatic carbocycles. The third-order valence-electron chi connectivity index (χ3n) is 3.56. The number of nitrogens with one attached hydrogen (secondary N) is 1. The van der Waals surface area contributed by atoms with Crippen molar-refractivity contribution < 1.29 is 14.7 Å². The molecule has 0 saturated carbocycles. The second kappa shape index (κ2) is 5.90. The number of pyridine rings is 1. The van der Waals surface area contributed by atoms with E-state index in [1.807, 2.05) is 4.90 Å². The lowest BCUT2D eigenvalue weighted by Gasteiger charge is -2.27. The Balaban J connectivity index is 2.02. The van der Waals surface area contributed by atoms with E-state index < -0.39 is 5.97 Å². The summed E-state index contributed by atoms with van der Waals surface area (Å²) in [4.78, 5) is 28.5. The summed E-state index contributed by atoms with van der Waals surface area (Å²) in [5.74, 6) is -0.655. The number of carboxylic acid groups (broad SMARTS) is 1. The van der Waals surface area contributed by atoms with E-state index >= 15 is 0 Å². The van der Waals surface area contributed by atoms with Gasteiger partial charge in [-0.3, -0.25) is 0 Å². The number of amides is 2. The van der Waals surface area contributed by atoms with Crippen LogP contribution in [0.15, 0.2) is 18.3 Å². The van der Waals surface area contributed by atoms with Crippen LogP contribution < -0.4 is 5.32 Å². The average Bonchev–Trinajstić information content (AvgIpc) is 2.88. The Morgan fingerprint density at radius 3 is 2.75 bits per heavy atom. The van der Waals surface area contributed by atoms with E-state index in [2.05, 4.69) is 24.1 Å². The van der Waals surface area contributed by atoms with Gasteiger partial charge in [0.15, 0.2) is 0 Å². The van der Waals surface area contributed by atoms with Gasteiger partial charge in [-0.05, 0) is 30.9 Å². The summed E-state index contributed by atoms with van der Waals surface area (Å²) in [5, 5.41) is 11.5. The van der Waals surface area contributed by atoms with Gasteiger partial charge in [-0.2, -0.15) is 0 Å². The highest BCUT2D eigenvalue weighted by Crippen LogP contribution is 2.24. The molecular weight excluding hydrogens is 258 g/mol. The van der Waals surface area contributed by atoms with Crippen LogP contribution in [0.5, 0.6) is 0 Å². The molecule has 108 valence electrons. The standard InChI is InChI=1S/C14H19N3O3/c1-9(2)12-4-3-7-17(12)14(20)16-10-5-6-11(13(18)19)15-8-10/h5-6,8-9,12H,3-4,7H2,1-2H3,(H,16,20)(H,18,19). The molecule has 1 aliphatic heterocycles. The predicted octanol–water partition coefficient (Wildman–Crippen LogP) is 2.43. The topological polar surface area (TPSA) is 82.5 Å². The minimum atomic E-state index is -1.08. The predicted molar refractivity (Wildman–Crippen MR) is 74.8 cm³/mol. The van der Waals surface area contributed by atoms with Crippen molar-refractivity contribution in [2.75, 3.05) is 11.9 Å². The fourth-order valence-electron chi connectivity index (χ4n) is 2.53. The van der Waals surface area contributed by atoms with E-state index in [-0.39, 0.29) is 17.8 Å². The number of hydrogen-bond acceptors (Lipinski definition) is 3. The number of aromatic nitrogens is 1. The summed E-state index contributed by atoms with van der Waals surface area (Å²) in [6, 6.07) is 3.05. The van der Waals surface area contributed by atoms with Crippen LogP contribution in [0.3, 0.4) is 0 Å². The zero-order valence-electron chi connectivity index (χ0n) is 11.7. The molecule has 2 heterocycles. The fourth-order valence-corrected chi connectivity index (χ4v) is 2.53. The third kappa shape index (κ3) is 3.07. The van der Waals surface area contributed by atoms with Crippen LogP contribution in [0.25, 0.3) is 0 Å². The lowest BCUT2D eigenvalue weighted by Crippen LogP contribution is -2.41. The highest BCUT2D eigenvalue weighted by Gasteiger charge is 2.30. The quantitative estimate of drug-likeness (QED) is 0.889. The van der Waals surface area contributed by atoms with Gasteiger partial charge in [0.25, 0.3) is 0 Å². The molecule has 20 heavy (non-hydrogen) atoms. The lowest BCUT2D eigenvalue weighted by molar-refractivity contribution is 0.0690. The number of hydrogen-bond donors (Lipinski definition) is 2. The Morgan fingerprint density at radius 1 is 1.45 bits per heavy atom. The molecule has 1 unspecified atom stereocenters. The Bertz CT molecular complexity index is 499. The zero-order valence-corrected chi connectivity index (χ0v) is 11.7.